The lowest BCUT2D eigenvalue weighted by Gasteiger charge is -2.30. The number of aliphatic hydroxyl groups excluding tert-OH is 1. The van der Waals surface area contributed by atoms with Crippen molar-refractivity contribution in [3.8, 4) is 0 Å². The fourth-order valence-electron chi connectivity index (χ4n) is 1.35. The second-order valence-electron chi connectivity index (χ2n) is 3.53. The molecule has 1 fully saturated rings. The molecular formula is C9H15N3O4. The molecule has 7 nitrogen and oxygen atoms in total. The van der Waals surface area contributed by atoms with Crippen molar-refractivity contribution < 1.29 is 19.5 Å². The summed E-state index contributed by atoms with van der Waals surface area (Å²) >= 11 is 0. The Morgan fingerprint density at radius 1 is 1.38 bits per heavy atom. The van der Waals surface area contributed by atoms with Gasteiger partial charge in [-0.25, -0.2) is 0 Å². The Morgan fingerprint density at radius 3 is 2.69 bits per heavy atom. The second-order valence-corrected chi connectivity index (χ2v) is 3.53. The van der Waals surface area contributed by atoms with Crippen LogP contribution in [0.5, 0.6) is 0 Å². The Labute approximate surface area is 93.0 Å². The van der Waals surface area contributed by atoms with Gasteiger partial charge >= 0.3 is 11.8 Å². The van der Waals surface area contributed by atoms with Crippen LogP contribution in [0.25, 0.3) is 0 Å². The topological polar surface area (TPSA) is 89.9 Å². The zero-order valence-electron chi connectivity index (χ0n) is 9.10. The minimum atomic E-state index is -0.659. The Morgan fingerprint density at radius 2 is 2.06 bits per heavy atom. The van der Waals surface area contributed by atoms with Crippen LogP contribution >= 0.6 is 0 Å². The molecule has 3 amide bonds. The van der Waals surface area contributed by atoms with Crippen LogP contribution in [0.1, 0.15) is 0 Å². The molecule has 1 rings (SSSR count). The number of carbonyl (C=O) groups excluding carboxylic acids is 3. The molecule has 2 N–H and O–H groups in total. The van der Waals surface area contributed by atoms with Gasteiger partial charge in [-0.1, -0.05) is 0 Å². The molecule has 0 bridgehead atoms. The van der Waals surface area contributed by atoms with Crippen molar-refractivity contribution in [2.75, 3.05) is 39.8 Å². The molecular weight excluding hydrogens is 214 g/mol. The summed E-state index contributed by atoms with van der Waals surface area (Å²) in [7, 11) is 1.55. The van der Waals surface area contributed by atoms with Gasteiger partial charge in [0.15, 0.2) is 0 Å². The number of carbonyl (C=O) groups is 3. The lowest BCUT2D eigenvalue weighted by atomic mass is 10.3. The van der Waals surface area contributed by atoms with Crippen molar-refractivity contribution >= 4 is 17.7 Å². The zero-order valence-corrected chi connectivity index (χ0v) is 9.10. The molecule has 0 spiro atoms. The molecule has 0 saturated carbocycles. The van der Waals surface area contributed by atoms with Crippen LogP contribution in [0.2, 0.25) is 0 Å². The third-order valence-corrected chi connectivity index (χ3v) is 2.29. The van der Waals surface area contributed by atoms with Crippen molar-refractivity contribution in [1.29, 1.82) is 0 Å². The molecule has 0 radical (unpaired) electrons. The van der Waals surface area contributed by atoms with Crippen LogP contribution in [-0.4, -0.2) is 72.5 Å². The number of amides is 3. The molecule has 7 heteroatoms. The first-order chi connectivity index (χ1) is 7.56. The van der Waals surface area contributed by atoms with Crippen LogP contribution in [0, 0.1) is 0 Å². The Bertz CT molecular complexity index is 305. The summed E-state index contributed by atoms with van der Waals surface area (Å²) in [5.74, 6) is -1.63. The lowest BCUT2D eigenvalue weighted by Crippen LogP contribution is -2.55. The van der Waals surface area contributed by atoms with Gasteiger partial charge in [-0.2, -0.15) is 0 Å². The van der Waals surface area contributed by atoms with Crippen LogP contribution in [0.4, 0.5) is 0 Å². The van der Waals surface area contributed by atoms with Gasteiger partial charge in [0, 0.05) is 26.7 Å². The quantitative estimate of drug-likeness (QED) is 0.517. The van der Waals surface area contributed by atoms with Crippen molar-refractivity contribution in [3.05, 3.63) is 0 Å². The minimum Gasteiger partial charge on any atom is -0.395 e. The molecule has 1 saturated heterocycles. The Hall–Kier alpha value is -1.63. The van der Waals surface area contributed by atoms with E-state index in [9.17, 15) is 14.4 Å². The summed E-state index contributed by atoms with van der Waals surface area (Å²) < 4.78 is 0. The van der Waals surface area contributed by atoms with Gasteiger partial charge in [0.1, 0.15) is 6.54 Å². The first kappa shape index (κ1) is 12.4. The number of aliphatic hydroxyl groups is 1. The maximum atomic E-state index is 11.5. The summed E-state index contributed by atoms with van der Waals surface area (Å²) in [6, 6.07) is 0. The molecule has 0 aromatic carbocycles. The van der Waals surface area contributed by atoms with Gasteiger partial charge in [0.05, 0.1) is 6.61 Å². The minimum absolute atomic E-state index is 0.140. The summed E-state index contributed by atoms with van der Waals surface area (Å²) in [5, 5.41) is 10.9. The van der Waals surface area contributed by atoms with Crippen LogP contribution in [-0.2, 0) is 14.4 Å². The highest BCUT2D eigenvalue weighted by atomic mass is 16.3. The van der Waals surface area contributed by atoms with Crippen molar-refractivity contribution in [2.45, 2.75) is 0 Å². The Balaban J connectivity index is 2.46. The normalized spacial score (nSPS) is 16.6. The van der Waals surface area contributed by atoms with Crippen molar-refractivity contribution in [2.24, 2.45) is 0 Å². The van der Waals surface area contributed by atoms with Gasteiger partial charge in [-0.3, -0.25) is 14.4 Å². The van der Waals surface area contributed by atoms with E-state index in [0.29, 0.717) is 13.1 Å². The Kier molecular flexibility index (Phi) is 4.24. The van der Waals surface area contributed by atoms with E-state index in [0.717, 1.165) is 0 Å². The van der Waals surface area contributed by atoms with E-state index in [1.54, 1.807) is 7.05 Å². The highest BCUT2D eigenvalue weighted by Crippen LogP contribution is 2.01. The van der Waals surface area contributed by atoms with Gasteiger partial charge < -0.3 is 20.2 Å². The average molecular weight is 229 g/mol. The largest absolute Gasteiger partial charge is 0.395 e. The monoisotopic (exact) mass is 229 g/mol. The predicted octanol–water partition coefficient (Wildman–Crippen LogP) is -2.60. The fraction of sp³-hybridized carbons (Fsp3) is 0.667. The summed E-state index contributed by atoms with van der Waals surface area (Å²) in [5.41, 5.74) is 0. The van der Waals surface area contributed by atoms with Gasteiger partial charge in [0.2, 0.25) is 5.91 Å². The van der Waals surface area contributed by atoms with E-state index in [2.05, 4.69) is 5.32 Å². The van der Waals surface area contributed by atoms with E-state index in [4.69, 9.17) is 5.11 Å². The summed E-state index contributed by atoms with van der Waals surface area (Å²) in [6.07, 6.45) is 0. The van der Waals surface area contributed by atoms with E-state index in [1.807, 2.05) is 0 Å². The molecule has 0 aromatic heterocycles. The number of rotatable bonds is 4. The summed E-state index contributed by atoms with van der Waals surface area (Å²) in [4.78, 5) is 36.5. The molecule has 1 aliphatic rings. The van der Waals surface area contributed by atoms with Crippen LogP contribution in [0.15, 0.2) is 0 Å². The maximum absolute atomic E-state index is 11.5. The summed E-state index contributed by atoms with van der Waals surface area (Å²) in [6.45, 7) is 0.639. The molecule has 0 aromatic rings. The van der Waals surface area contributed by atoms with E-state index < -0.39 is 11.8 Å². The first-order valence-electron chi connectivity index (χ1n) is 4.98. The molecule has 1 aliphatic heterocycles. The van der Waals surface area contributed by atoms with Crippen LogP contribution in [0.3, 0.4) is 0 Å². The smallest absolute Gasteiger partial charge is 0.312 e. The predicted molar refractivity (Wildman–Crippen MR) is 54.3 cm³/mol. The molecule has 16 heavy (non-hydrogen) atoms. The lowest BCUT2D eigenvalue weighted by molar-refractivity contribution is -0.155. The highest BCUT2D eigenvalue weighted by molar-refractivity contribution is 6.35. The second kappa shape index (κ2) is 5.45. The van der Waals surface area contributed by atoms with E-state index in [1.165, 1.54) is 9.80 Å². The molecule has 1 heterocycles. The number of nitrogens with one attached hydrogen (secondary N) is 1. The fourth-order valence-corrected chi connectivity index (χ4v) is 1.35. The SMILES string of the molecule is CN1CCN(CC(=O)NCCO)C(=O)C1=O. The van der Waals surface area contributed by atoms with Crippen molar-refractivity contribution in [1.82, 2.24) is 15.1 Å². The molecule has 90 valence electrons. The number of likely N-dealkylation sites (N-methyl/N-ethyl adjacent to an activating group) is 1. The third-order valence-electron chi connectivity index (χ3n) is 2.29. The highest BCUT2D eigenvalue weighted by Gasteiger charge is 2.31. The zero-order chi connectivity index (χ0) is 12.1. The number of hydrogen-bond acceptors (Lipinski definition) is 4. The standard InChI is InChI=1S/C9H15N3O4/c1-11-3-4-12(9(16)8(11)15)6-7(14)10-2-5-13/h13H,2-6H2,1H3,(H,10,14). The molecule has 0 unspecified atom stereocenters. The average Bonchev–Trinajstić information content (AvgIpc) is 2.27. The maximum Gasteiger partial charge on any atom is 0.312 e. The van der Waals surface area contributed by atoms with Gasteiger partial charge in [0.25, 0.3) is 0 Å². The van der Waals surface area contributed by atoms with E-state index >= 15 is 0 Å². The molecule has 0 atom stereocenters. The number of piperazine rings is 1. The van der Waals surface area contributed by atoms with Gasteiger partial charge in [-0.05, 0) is 0 Å². The molecule has 0 aliphatic carbocycles. The van der Waals surface area contributed by atoms with E-state index in [-0.39, 0.29) is 25.6 Å². The number of nitrogens with zero attached hydrogens (tertiary/aromatic N) is 2. The van der Waals surface area contributed by atoms with Crippen molar-refractivity contribution in [3.63, 3.8) is 0 Å². The van der Waals surface area contributed by atoms with Crippen LogP contribution < -0.4 is 5.32 Å². The number of hydrogen-bond donors (Lipinski definition) is 2. The third kappa shape index (κ3) is 2.93. The first-order valence-corrected chi connectivity index (χ1v) is 4.98. The van der Waals surface area contributed by atoms with Gasteiger partial charge in [-0.15, -0.1) is 0 Å².